The number of hydrogen-bond donors (Lipinski definition) is 3. The Morgan fingerprint density at radius 1 is 1.19 bits per heavy atom. The molecular weight excluding hydrogens is 264 g/mol. The zero-order chi connectivity index (χ0) is 15.1. The Morgan fingerprint density at radius 2 is 1.90 bits per heavy atom. The number of aryl methyl sites for hydroxylation is 1. The van der Waals surface area contributed by atoms with Gasteiger partial charge in [0.2, 0.25) is 0 Å². The minimum absolute atomic E-state index is 0.0369. The zero-order valence-electron chi connectivity index (χ0n) is 12.8. The van der Waals surface area contributed by atoms with E-state index in [1.54, 1.807) is 18.2 Å². The molecule has 1 aromatic rings. The average Bonchev–Trinajstić information content (AvgIpc) is 2.74. The Hall–Kier alpha value is -1.55. The zero-order valence-corrected chi connectivity index (χ0v) is 12.8. The highest BCUT2D eigenvalue weighted by atomic mass is 16.3. The molecule has 0 spiro atoms. The Bertz CT molecular complexity index is 466. The summed E-state index contributed by atoms with van der Waals surface area (Å²) < 4.78 is 0. The van der Waals surface area contributed by atoms with Crippen LogP contribution in [0.3, 0.4) is 0 Å². The maximum absolute atomic E-state index is 12.0. The Morgan fingerprint density at radius 3 is 2.62 bits per heavy atom. The predicted molar refractivity (Wildman–Crippen MR) is 84.7 cm³/mol. The maximum Gasteiger partial charge on any atom is 0.255 e. The molecule has 0 unspecified atom stereocenters. The molecule has 116 valence electrons. The predicted octanol–water partition coefficient (Wildman–Crippen LogP) is 2.74. The second-order valence-electron chi connectivity index (χ2n) is 5.92. The van der Waals surface area contributed by atoms with E-state index in [0.717, 1.165) is 12.1 Å². The van der Waals surface area contributed by atoms with E-state index in [1.165, 1.54) is 38.5 Å². The van der Waals surface area contributed by atoms with Crippen molar-refractivity contribution in [2.24, 2.45) is 0 Å². The largest absolute Gasteiger partial charge is 0.507 e. The highest BCUT2D eigenvalue weighted by Crippen LogP contribution is 2.18. The van der Waals surface area contributed by atoms with E-state index >= 15 is 0 Å². The third kappa shape index (κ3) is 5.05. The minimum atomic E-state index is -0.209. The molecule has 4 heteroatoms. The molecule has 1 aromatic carbocycles. The van der Waals surface area contributed by atoms with Crippen molar-refractivity contribution in [3.8, 4) is 5.75 Å². The van der Waals surface area contributed by atoms with E-state index in [-0.39, 0.29) is 11.7 Å². The number of benzene rings is 1. The molecule has 1 saturated carbocycles. The van der Waals surface area contributed by atoms with Gasteiger partial charge in [-0.05, 0) is 31.9 Å². The molecule has 0 saturated heterocycles. The van der Waals surface area contributed by atoms with Crippen molar-refractivity contribution in [2.45, 2.75) is 51.5 Å². The topological polar surface area (TPSA) is 61.4 Å². The number of carbonyl (C=O) groups is 1. The molecule has 0 heterocycles. The second-order valence-corrected chi connectivity index (χ2v) is 5.92. The summed E-state index contributed by atoms with van der Waals surface area (Å²) in [6.45, 7) is 3.27. The van der Waals surface area contributed by atoms with Crippen molar-refractivity contribution in [3.63, 3.8) is 0 Å². The van der Waals surface area contributed by atoms with Crippen LogP contribution in [0.4, 0.5) is 0 Å². The number of hydrogen-bond acceptors (Lipinski definition) is 3. The molecule has 1 aliphatic rings. The summed E-state index contributed by atoms with van der Waals surface area (Å²) >= 11 is 0. The van der Waals surface area contributed by atoms with Crippen LogP contribution in [0.25, 0.3) is 0 Å². The molecule has 0 aromatic heterocycles. The first-order valence-electron chi connectivity index (χ1n) is 7.98. The average molecular weight is 290 g/mol. The van der Waals surface area contributed by atoms with Crippen molar-refractivity contribution in [2.75, 3.05) is 13.1 Å². The summed E-state index contributed by atoms with van der Waals surface area (Å²) in [6.07, 6.45) is 7.80. The summed E-state index contributed by atoms with van der Waals surface area (Å²) in [6, 6.07) is 5.66. The van der Waals surface area contributed by atoms with Gasteiger partial charge in [-0.3, -0.25) is 4.79 Å². The van der Waals surface area contributed by atoms with Crippen LogP contribution in [0.5, 0.6) is 5.75 Å². The first-order valence-corrected chi connectivity index (χ1v) is 7.98. The monoisotopic (exact) mass is 290 g/mol. The number of aromatic hydroxyl groups is 1. The van der Waals surface area contributed by atoms with E-state index in [9.17, 15) is 9.90 Å². The fraction of sp³-hybridized carbons (Fsp3) is 0.588. The van der Waals surface area contributed by atoms with E-state index in [0.29, 0.717) is 18.2 Å². The fourth-order valence-corrected chi connectivity index (χ4v) is 2.86. The molecule has 4 nitrogen and oxygen atoms in total. The third-order valence-electron chi connectivity index (χ3n) is 4.10. The minimum Gasteiger partial charge on any atom is -0.507 e. The van der Waals surface area contributed by atoms with Gasteiger partial charge in [0.25, 0.3) is 5.91 Å². The third-order valence-corrected chi connectivity index (χ3v) is 4.10. The summed E-state index contributed by atoms with van der Waals surface area (Å²) in [5, 5.41) is 16.1. The summed E-state index contributed by atoms with van der Waals surface area (Å²) in [5.41, 5.74) is 1.32. The van der Waals surface area contributed by atoms with Gasteiger partial charge in [0.05, 0.1) is 5.56 Å². The molecule has 2 rings (SSSR count). The fourth-order valence-electron chi connectivity index (χ4n) is 2.86. The van der Waals surface area contributed by atoms with Gasteiger partial charge in [0.15, 0.2) is 0 Å². The van der Waals surface area contributed by atoms with Crippen molar-refractivity contribution >= 4 is 5.91 Å². The molecule has 0 bridgehead atoms. The molecule has 1 amide bonds. The van der Waals surface area contributed by atoms with Crippen LogP contribution in [0.1, 0.15) is 54.4 Å². The second kappa shape index (κ2) is 8.03. The maximum atomic E-state index is 12.0. The quantitative estimate of drug-likeness (QED) is 0.577. The molecule has 0 aliphatic heterocycles. The van der Waals surface area contributed by atoms with Crippen molar-refractivity contribution in [1.29, 1.82) is 0 Å². The SMILES string of the molecule is Cc1ccc(O)c(C(=O)NCCNC2CCCCCC2)c1. The lowest BCUT2D eigenvalue weighted by Gasteiger charge is -2.16. The van der Waals surface area contributed by atoms with Crippen LogP contribution in [0.2, 0.25) is 0 Å². The van der Waals surface area contributed by atoms with Gasteiger partial charge in [-0.2, -0.15) is 0 Å². The Balaban J connectivity index is 1.72. The normalized spacial score (nSPS) is 16.4. The van der Waals surface area contributed by atoms with Gasteiger partial charge < -0.3 is 15.7 Å². The molecule has 3 N–H and O–H groups in total. The molecule has 0 radical (unpaired) electrons. The first-order chi connectivity index (χ1) is 10.2. The number of phenolic OH excluding ortho intramolecular Hbond substituents is 1. The molecule has 1 fully saturated rings. The smallest absolute Gasteiger partial charge is 0.255 e. The van der Waals surface area contributed by atoms with E-state index in [1.807, 2.05) is 6.92 Å². The van der Waals surface area contributed by atoms with Crippen molar-refractivity contribution in [3.05, 3.63) is 29.3 Å². The van der Waals surface area contributed by atoms with Gasteiger partial charge in [0.1, 0.15) is 5.75 Å². The number of carbonyl (C=O) groups excluding carboxylic acids is 1. The lowest BCUT2D eigenvalue weighted by atomic mass is 10.1. The van der Waals surface area contributed by atoms with Gasteiger partial charge in [-0.15, -0.1) is 0 Å². The van der Waals surface area contributed by atoms with E-state index < -0.39 is 0 Å². The van der Waals surface area contributed by atoms with Gasteiger partial charge in [0, 0.05) is 19.1 Å². The highest BCUT2D eigenvalue weighted by Gasteiger charge is 2.12. The Labute approximate surface area is 126 Å². The van der Waals surface area contributed by atoms with Crippen LogP contribution in [-0.4, -0.2) is 30.1 Å². The summed E-state index contributed by atoms with van der Waals surface area (Å²) in [5.74, 6) is -0.173. The van der Waals surface area contributed by atoms with Crippen LogP contribution in [-0.2, 0) is 0 Å². The van der Waals surface area contributed by atoms with E-state index in [4.69, 9.17) is 0 Å². The standard InChI is InChI=1S/C17H26N2O2/c1-13-8-9-16(20)15(12-13)17(21)19-11-10-18-14-6-4-2-3-5-7-14/h8-9,12,14,18,20H,2-7,10-11H2,1H3,(H,19,21). The van der Waals surface area contributed by atoms with Crippen molar-refractivity contribution < 1.29 is 9.90 Å². The van der Waals surface area contributed by atoms with Crippen LogP contribution in [0.15, 0.2) is 18.2 Å². The summed E-state index contributed by atoms with van der Waals surface area (Å²) in [4.78, 5) is 12.0. The lowest BCUT2D eigenvalue weighted by Crippen LogP contribution is -2.36. The first kappa shape index (κ1) is 15.8. The van der Waals surface area contributed by atoms with Crippen LogP contribution < -0.4 is 10.6 Å². The lowest BCUT2D eigenvalue weighted by molar-refractivity contribution is 0.0950. The molecule has 0 atom stereocenters. The highest BCUT2D eigenvalue weighted by molar-refractivity contribution is 5.96. The van der Waals surface area contributed by atoms with Crippen LogP contribution >= 0.6 is 0 Å². The van der Waals surface area contributed by atoms with Crippen molar-refractivity contribution in [1.82, 2.24) is 10.6 Å². The molecule has 21 heavy (non-hydrogen) atoms. The van der Waals surface area contributed by atoms with Gasteiger partial charge in [-0.1, -0.05) is 37.3 Å². The van der Waals surface area contributed by atoms with E-state index in [2.05, 4.69) is 10.6 Å². The number of rotatable bonds is 5. The Kier molecular flexibility index (Phi) is 6.05. The van der Waals surface area contributed by atoms with Gasteiger partial charge >= 0.3 is 0 Å². The molecular formula is C17H26N2O2. The number of amides is 1. The van der Waals surface area contributed by atoms with Gasteiger partial charge in [-0.25, -0.2) is 0 Å². The number of nitrogens with one attached hydrogen (secondary N) is 2. The van der Waals surface area contributed by atoms with Crippen LogP contribution in [0, 0.1) is 6.92 Å². The number of phenols is 1. The molecule has 1 aliphatic carbocycles. The summed E-state index contributed by atoms with van der Waals surface area (Å²) in [7, 11) is 0.